The summed E-state index contributed by atoms with van der Waals surface area (Å²) in [5.41, 5.74) is 7.17. The van der Waals surface area contributed by atoms with Crippen LogP contribution in [-0.4, -0.2) is 29.2 Å². The number of nitrogens with zero attached hydrogens (tertiary/aromatic N) is 1. The molecule has 17 heavy (non-hydrogen) atoms. The number of hydrogen-bond donors (Lipinski definition) is 2. The highest BCUT2D eigenvalue weighted by atomic mass is 32.1. The smallest absolute Gasteiger partial charge is 0.122 e. The summed E-state index contributed by atoms with van der Waals surface area (Å²) in [7, 11) is 0. The molecule has 92 valence electrons. The third-order valence-corrected chi connectivity index (χ3v) is 3.03. The van der Waals surface area contributed by atoms with Crippen LogP contribution < -0.4 is 11.1 Å². The number of ether oxygens (including phenoxy) is 1. The molecule has 1 aromatic rings. The highest BCUT2D eigenvalue weighted by Crippen LogP contribution is 2.14. The largest absolute Gasteiger partial charge is 0.388 e. The summed E-state index contributed by atoms with van der Waals surface area (Å²) in [4.78, 5) is 4.42. The highest BCUT2D eigenvalue weighted by molar-refractivity contribution is 7.80. The van der Waals surface area contributed by atoms with E-state index >= 15 is 0 Å². The van der Waals surface area contributed by atoms with E-state index in [-0.39, 0.29) is 0 Å². The molecule has 1 unspecified atom stereocenters. The van der Waals surface area contributed by atoms with Gasteiger partial charge in [0.15, 0.2) is 0 Å². The van der Waals surface area contributed by atoms with Crippen molar-refractivity contribution in [2.45, 2.75) is 25.4 Å². The van der Waals surface area contributed by atoms with Gasteiger partial charge in [0, 0.05) is 25.0 Å². The van der Waals surface area contributed by atoms with Crippen molar-refractivity contribution in [2.24, 2.45) is 5.73 Å². The van der Waals surface area contributed by atoms with Crippen LogP contribution in [0.2, 0.25) is 0 Å². The molecular weight excluding hydrogens is 234 g/mol. The Bertz CT molecular complexity index is 391. The first-order valence-electron chi connectivity index (χ1n) is 5.87. The Hall–Kier alpha value is -1.20. The lowest BCUT2D eigenvalue weighted by molar-refractivity contribution is 0.0247. The van der Waals surface area contributed by atoms with Crippen LogP contribution in [0.4, 0.5) is 5.69 Å². The number of hydrogen-bond acceptors (Lipinski definition) is 4. The molecule has 1 fully saturated rings. The average molecular weight is 251 g/mol. The summed E-state index contributed by atoms with van der Waals surface area (Å²) in [6, 6.07) is 3.77. The maximum atomic E-state index is 5.65. The number of rotatable bonds is 4. The Morgan fingerprint density at radius 1 is 1.59 bits per heavy atom. The third-order valence-electron chi connectivity index (χ3n) is 2.82. The van der Waals surface area contributed by atoms with Crippen LogP contribution in [0, 0.1) is 0 Å². The average Bonchev–Trinajstić information content (AvgIpc) is 2.38. The molecular formula is C12H17N3OS. The van der Waals surface area contributed by atoms with E-state index in [0.717, 1.165) is 25.3 Å². The molecule has 0 bridgehead atoms. The summed E-state index contributed by atoms with van der Waals surface area (Å²) < 4.78 is 5.65. The zero-order valence-corrected chi connectivity index (χ0v) is 10.5. The van der Waals surface area contributed by atoms with Gasteiger partial charge in [-0.1, -0.05) is 12.2 Å². The van der Waals surface area contributed by atoms with Gasteiger partial charge >= 0.3 is 0 Å². The maximum absolute atomic E-state index is 5.65. The van der Waals surface area contributed by atoms with Crippen molar-refractivity contribution in [3.05, 3.63) is 24.0 Å². The van der Waals surface area contributed by atoms with Gasteiger partial charge in [-0.05, 0) is 31.4 Å². The number of anilines is 1. The zero-order chi connectivity index (χ0) is 12.1. The van der Waals surface area contributed by atoms with E-state index in [1.165, 1.54) is 12.8 Å². The molecule has 0 aromatic carbocycles. The lowest BCUT2D eigenvalue weighted by Crippen LogP contribution is -2.27. The molecule has 5 heteroatoms. The lowest BCUT2D eigenvalue weighted by atomic mass is 10.1. The second kappa shape index (κ2) is 5.93. The van der Waals surface area contributed by atoms with Crippen LogP contribution in [0.3, 0.4) is 0 Å². The SMILES string of the molecule is NC(=S)c1cc(NCC2CCCCO2)ccn1. The summed E-state index contributed by atoms with van der Waals surface area (Å²) in [6.07, 6.45) is 5.57. The van der Waals surface area contributed by atoms with Crippen molar-refractivity contribution in [3.63, 3.8) is 0 Å². The first-order chi connectivity index (χ1) is 8.25. The Labute approximate surface area is 107 Å². The van der Waals surface area contributed by atoms with Crippen LogP contribution in [0.1, 0.15) is 25.0 Å². The first kappa shape index (κ1) is 12.3. The van der Waals surface area contributed by atoms with Gasteiger partial charge in [-0.25, -0.2) is 0 Å². The molecule has 1 atom stereocenters. The first-order valence-corrected chi connectivity index (χ1v) is 6.28. The van der Waals surface area contributed by atoms with Gasteiger partial charge in [-0.3, -0.25) is 4.98 Å². The zero-order valence-electron chi connectivity index (χ0n) is 9.69. The summed E-state index contributed by atoms with van der Waals surface area (Å²) in [5, 5.41) is 3.33. The molecule has 0 spiro atoms. The van der Waals surface area contributed by atoms with Gasteiger partial charge in [0.05, 0.1) is 11.8 Å². The third kappa shape index (κ3) is 3.64. The van der Waals surface area contributed by atoms with Crippen molar-refractivity contribution in [1.29, 1.82) is 0 Å². The van der Waals surface area contributed by atoms with Crippen molar-refractivity contribution < 1.29 is 4.74 Å². The van der Waals surface area contributed by atoms with E-state index in [4.69, 9.17) is 22.7 Å². The van der Waals surface area contributed by atoms with E-state index in [0.29, 0.717) is 16.8 Å². The number of aromatic nitrogens is 1. The molecule has 3 N–H and O–H groups in total. The Morgan fingerprint density at radius 3 is 3.18 bits per heavy atom. The fourth-order valence-electron chi connectivity index (χ4n) is 1.88. The quantitative estimate of drug-likeness (QED) is 0.798. The molecule has 0 amide bonds. The number of thiocarbonyl (C=S) groups is 1. The van der Waals surface area contributed by atoms with Gasteiger partial charge in [-0.15, -0.1) is 0 Å². The monoisotopic (exact) mass is 251 g/mol. The van der Waals surface area contributed by atoms with E-state index in [9.17, 15) is 0 Å². The van der Waals surface area contributed by atoms with Gasteiger partial charge < -0.3 is 15.8 Å². The number of nitrogens with one attached hydrogen (secondary N) is 1. The van der Waals surface area contributed by atoms with E-state index < -0.39 is 0 Å². The van der Waals surface area contributed by atoms with Crippen molar-refractivity contribution in [2.75, 3.05) is 18.5 Å². The maximum Gasteiger partial charge on any atom is 0.122 e. The van der Waals surface area contributed by atoms with Crippen LogP contribution in [0.15, 0.2) is 18.3 Å². The molecule has 2 rings (SSSR count). The molecule has 1 aliphatic heterocycles. The van der Waals surface area contributed by atoms with E-state index in [1.54, 1.807) is 6.20 Å². The minimum atomic E-state index is 0.310. The molecule has 0 radical (unpaired) electrons. The molecule has 0 saturated carbocycles. The Morgan fingerprint density at radius 2 is 2.47 bits per heavy atom. The highest BCUT2D eigenvalue weighted by Gasteiger charge is 2.13. The molecule has 1 aliphatic rings. The normalized spacial score (nSPS) is 19.9. The van der Waals surface area contributed by atoms with Crippen LogP contribution in [-0.2, 0) is 4.74 Å². The standard InChI is InChI=1S/C12H17N3OS/c13-12(17)11-7-9(4-5-14-11)15-8-10-3-1-2-6-16-10/h4-5,7,10H,1-3,6,8H2,(H2,13,17)(H,14,15). The van der Waals surface area contributed by atoms with Crippen molar-refractivity contribution in [3.8, 4) is 0 Å². The predicted molar refractivity (Wildman–Crippen MR) is 72.2 cm³/mol. The fraction of sp³-hybridized carbons (Fsp3) is 0.500. The van der Waals surface area contributed by atoms with Gasteiger partial charge in [0.25, 0.3) is 0 Å². The van der Waals surface area contributed by atoms with E-state index in [1.807, 2.05) is 12.1 Å². The summed E-state index contributed by atoms with van der Waals surface area (Å²) in [6.45, 7) is 1.70. The van der Waals surface area contributed by atoms with Crippen LogP contribution in [0.25, 0.3) is 0 Å². The van der Waals surface area contributed by atoms with E-state index in [2.05, 4.69) is 10.3 Å². The molecule has 1 saturated heterocycles. The number of pyridine rings is 1. The van der Waals surface area contributed by atoms with Gasteiger partial charge in [0.2, 0.25) is 0 Å². The Balaban J connectivity index is 1.89. The van der Waals surface area contributed by atoms with Crippen LogP contribution in [0.5, 0.6) is 0 Å². The van der Waals surface area contributed by atoms with Crippen molar-refractivity contribution >= 4 is 22.9 Å². The minimum absolute atomic E-state index is 0.310. The molecule has 2 heterocycles. The van der Waals surface area contributed by atoms with Gasteiger partial charge in [-0.2, -0.15) is 0 Å². The number of nitrogens with two attached hydrogens (primary N) is 1. The fourth-order valence-corrected chi connectivity index (χ4v) is 1.99. The lowest BCUT2D eigenvalue weighted by Gasteiger charge is -2.23. The topological polar surface area (TPSA) is 60.2 Å². The molecule has 0 aliphatic carbocycles. The summed E-state index contributed by atoms with van der Waals surface area (Å²) >= 11 is 4.89. The molecule has 4 nitrogen and oxygen atoms in total. The second-order valence-electron chi connectivity index (χ2n) is 4.16. The minimum Gasteiger partial charge on any atom is -0.388 e. The Kier molecular flexibility index (Phi) is 4.28. The summed E-state index contributed by atoms with van der Waals surface area (Å²) in [5.74, 6) is 0. The second-order valence-corrected chi connectivity index (χ2v) is 4.60. The van der Waals surface area contributed by atoms with Crippen LogP contribution >= 0.6 is 12.2 Å². The van der Waals surface area contributed by atoms with Crippen molar-refractivity contribution in [1.82, 2.24) is 4.98 Å². The molecule has 1 aromatic heterocycles. The predicted octanol–water partition coefficient (Wildman–Crippen LogP) is 1.70. The van der Waals surface area contributed by atoms with Gasteiger partial charge in [0.1, 0.15) is 4.99 Å².